The lowest BCUT2D eigenvalue weighted by atomic mass is 10.1. The number of rotatable bonds is 7. The highest BCUT2D eigenvalue weighted by molar-refractivity contribution is 7.92. The third-order valence-electron chi connectivity index (χ3n) is 4.40. The first-order chi connectivity index (χ1) is 15.2. The largest absolute Gasteiger partial charge is 0.351 e. The summed E-state index contributed by atoms with van der Waals surface area (Å²) in [7, 11) is -4.06. The molecule has 0 aliphatic rings. The Hall–Kier alpha value is -3.72. The molecule has 2 amide bonds. The second-order valence-corrected chi connectivity index (χ2v) is 9.14. The smallest absolute Gasteiger partial charge is 0.323 e. The highest BCUT2D eigenvalue weighted by Gasteiger charge is 2.24. The van der Waals surface area contributed by atoms with Gasteiger partial charge >= 0.3 is 6.03 Å². The Balaban J connectivity index is 2.17. The van der Waals surface area contributed by atoms with E-state index in [1.807, 2.05) is 6.07 Å². The summed E-state index contributed by atoms with van der Waals surface area (Å²) in [5.74, 6) is -0.276. The van der Waals surface area contributed by atoms with Gasteiger partial charge in [0.1, 0.15) is 0 Å². The van der Waals surface area contributed by atoms with E-state index in [-0.39, 0.29) is 33.3 Å². The van der Waals surface area contributed by atoms with E-state index in [4.69, 9.17) is 5.73 Å². The number of primary amides is 1. The average Bonchev–Trinajstić information content (AvgIpc) is 2.76. The number of carbonyl (C=O) groups is 1. The minimum atomic E-state index is -4.06. The van der Waals surface area contributed by atoms with Gasteiger partial charge in [-0.1, -0.05) is 36.4 Å². The first-order valence-corrected chi connectivity index (χ1v) is 11.9. The fourth-order valence-corrected chi connectivity index (χ4v) is 4.63. The van der Waals surface area contributed by atoms with E-state index in [9.17, 15) is 27.2 Å². The Labute approximate surface area is 187 Å². The van der Waals surface area contributed by atoms with Gasteiger partial charge in [0.15, 0.2) is 11.1 Å². The third-order valence-corrected chi connectivity index (χ3v) is 6.34. The molecule has 1 unspecified atom stereocenters. The molecule has 32 heavy (non-hydrogen) atoms. The van der Waals surface area contributed by atoms with Crippen LogP contribution in [0, 0.1) is 11.3 Å². The fraction of sp³-hybridized carbons (Fsp3) is 0.0476. The molecule has 0 aliphatic carbocycles. The number of hydrogen-bond donors (Lipinski definition) is 3. The van der Waals surface area contributed by atoms with Gasteiger partial charge in [-0.05, 0) is 42.0 Å². The summed E-state index contributed by atoms with van der Waals surface area (Å²) in [5, 5.41) is 9.28. The number of nitrogens with one attached hydrogen (secondary N) is 1. The van der Waals surface area contributed by atoms with E-state index in [0.717, 1.165) is 4.90 Å². The molecule has 4 N–H and O–H groups in total. The Morgan fingerprint density at radius 3 is 2.34 bits per heavy atom. The number of carbonyl (C=O) groups excluding carboxylic acids is 1. The minimum Gasteiger partial charge on any atom is -0.351 e. The number of nitrogens with two attached hydrogens (primary N) is 1. The number of sulfonamides is 1. The molecule has 0 aromatic heterocycles. The fourth-order valence-electron chi connectivity index (χ4n) is 3.04. The zero-order valence-corrected chi connectivity index (χ0v) is 18.1. The normalized spacial score (nSPS) is 11.9. The van der Waals surface area contributed by atoms with Gasteiger partial charge in [-0.15, -0.1) is 0 Å². The van der Waals surface area contributed by atoms with Crippen molar-refractivity contribution in [2.45, 2.75) is 10.6 Å². The third kappa shape index (κ3) is 5.12. The number of hydrogen-bond acceptors (Lipinski definition) is 5. The predicted molar refractivity (Wildman–Crippen MR) is 121 cm³/mol. The minimum absolute atomic E-state index is 0.0185. The standard InChI is InChI=1S/C21H18N4O5S2/c22-13-15-10-11-20(18(12-15)24-32(29,30)17-7-2-1-3-8-17)25(21(23)26)19-9-5-4-6-16(19)14-31(27)28/h1-12,24H,14H2,(H2,23,26)(H,27,28). The summed E-state index contributed by atoms with van der Waals surface area (Å²) in [6.07, 6.45) is 0. The van der Waals surface area contributed by atoms with Crippen LogP contribution in [0.1, 0.15) is 11.1 Å². The Morgan fingerprint density at radius 1 is 1.06 bits per heavy atom. The quantitative estimate of drug-likeness (QED) is 0.450. The molecule has 0 radical (unpaired) electrons. The van der Waals surface area contributed by atoms with Crippen LogP contribution in [0.15, 0.2) is 77.7 Å². The summed E-state index contributed by atoms with van der Waals surface area (Å²) >= 11 is -2.20. The van der Waals surface area contributed by atoms with Crippen LogP contribution in [0.3, 0.4) is 0 Å². The van der Waals surface area contributed by atoms with E-state index in [1.165, 1.54) is 36.4 Å². The summed E-state index contributed by atoms with van der Waals surface area (Å²) in [6.45, 7) is 0. The molecule has 0 saturated heterocycles. The van der Waals surface area contributed by atoms with E-state index >= 15 is 0 Å². The van der Waals surface area contributed by atoms with Gasteiger partial charge in [0.2, 0.25) is 0 Å². The number of urea groups is 1. The lowest BCUT2D eigenvalue weighted by molar-refractivity contribution is 0.256. The summed E-state index contributed by atoms with van der Waals surface area (Å²) < 4.78 is 48.9. The Bertz CT molecular complexity index is 1320. The number of amides is 2. The van der Waals surface area contributed by atoms with Gasteiger partial charge in [-0.25, -0.2) is 17.4 Å². The monoisotopic (exact) mass is 470 g/mol. The van der Waals surface area contributed by atoms with Crippen molar-refractivity contribution in [3.05, 3.63) is 83.9 Å². The summed E-state index contributed by atoms with van der Waals surface area (Å²) in [4.78, 5) is 13.4. The molecule has 1 atom stereocenters. The van der Waals surface area contributed by atoms with Crippen LogP contribution in [-0.4, -0.2) is 23.2 Å². The molecule has 3 aromatic carbocycles. The van der Waals surface area contributed by atoms with E-state index in [0.29, 0.717) is 5.56 Å². The molecule has 9 nitrogen and oxygen atoms in total. The van der Waals surface area contributed by atoms with Gasteiger partial charge in [-0.2, -0.15) is 5.26 Å². The number of anilines is 3. The van der Waals surface area contributed by atoms with Crippen LogP contribution in [0.2, 0.25) is 0 Å². The zero-order chi connectivity index (χ0) is 23.3. The molecule has 0 aliphatic heterocycles. The van der Waals surface area contributed by atoms with Crippen molar-refractivity contribution in [3.8, 4) is 6.07 Å². The highest BCUT2D eigenvalue weighted by atomic mass is 32.2. The maximum Gasteiger partial charge on any atom is 0.323 e. The van der Waals surface area contributed by atoms with Gasteiger partial charge in [-0.3, -0.25) is 9.62 Å². The van der Waals surface area contributed by atoms with Crippen molar-refractivity contribution < 1.29 is 22.0 Å². The number of nitriles is 1. The van der Waals surface area contributed by atoms with Crippen LogP contribution in [-0.2, 0) is 26.9 Å². The molecule has 0 heterocycles. The summed E-state index contributed by atoms with van der Waals surface area (Å²) in [6, 6.07) is 18.9. The molecule has 3 rings (SSSR count). The Kier molecular flexibility index (Phi) is 6.89. The molecule has 0 saturated carbocycles. The predicted octanol–water partition coefficient (Wildman–Crippen LogP) is 3.30. The van der Waals surface area contributed by atoms with Crippen LogP contribution in [0.5, 0.6) is 0 Å². The number of nitrogens with zero attached hydrogens (tertiary/aromatic N) is 2. The van der Waals surface area contributed by atoms with Crippen LogP contribution < -0.4 is 15.4 Å². The molecule has 11 heteroatoms. The number of para-hydroxylation sites is 1. The van der Waals surface area contributed by atoms with Crippen LogP contribution in [0.25, 0.3) is 0 Å². The first kappa shape index (κ1) is 23.0. The van der Waals surface area contributed by atoms with Crippen LogP contribution in [0.4, 0.5) is 21.9 Å². The zero-order valence-electron chi connectivity index (χ0n) is 16.5. The van der Waals surface area contributed by atoms with Gasteiger partial charge in [0.05, 0.1) is 39.3 Å². The average molecular weight is 471 g/mol. The maximum atomic E-state index is 12.9. The van der Waals surface area contributed by atoms with E-state index < -0.39 is 27.1 Å². The second-order valence-electron chi connectivity index (χ2n) is 6.53. The van der Waals surface area contributed by atoms with Gasteiger partial charge in [0.25, 0.3) is 10.0 Å². The lowest BCUT2D eigenvalue weighted by Crippen LogP contribution is -2.33. The number of benzene rings is 3. The SMILES string of the molecule is N#Cc1ccc(N(C(N)=O)c2ccccc2CS(=O)O)c(NS(=O)(=O)c2ccccc2)c1. The topological polar surface area (TPSA) is 154 Å². The molecule has 164 valence electrons. The van der Waals surface area contributed by atoms with E-state index in [1.54, 1.807) is 36.4 Å². The molecule has 0 fully saturated rings. The van der Waals surface area contributed by atoms with Crippen molar-refractivity contribution in [3.63, 3.8) is 0 Å². The van der Waals surface area contributed by atoms with E-state index in [2.05, 4.69) is 4.72 Å². The second kappa shape index (κ2) is 9.61. The molecular weight excluding hydrogens is 452 g/mol. The van der Waals surface area contributed by atoms with Crippen molar-refractivity contribution in [2.75, 3.05) is 9.62 Å². The van der Waals surface area contributed by atoms with Gasteiger partial charge in [0, 0.05) is 0 Å². The Morgan fingerprint density at radius 2 is 1.72 bits per heavy atom. The first-order valence-electron chi connectivity index (χ1n) is 9.10. The molecular formula is C21H18N4O5S2. The van der Waals surface area contributed by atoms with Crippen molar-refractivity contribution >= 4 is 44.2 Å². The molecule has 0 spiro atoms. The molecule has 3 aromatic rings. The molecule has 0 bridgehead atoms. The van der Waals surface area contributed by atoms with Crippen molar-refractivity contribution in [1.29, 1.82) is 5.26 Å². The highest BCUT2D eigenvalue weighted by Crippen LogP contribution is 2.36. The van der Waals surface area contributed by atoms with Crippen LogP contribution >= 0.6 is 0 Å². The maximum absolute atomic E-state index is 12.9. The summed E-state index contributed by atoms with van der Waals surface area (Å²) in [5.41, 5.74) is 6.30. The van der Waals surface area contributed by atoms with Gasteiger partial charge < -0.3 is 10.3 Å². The van der Waals surface area contributed by atoms with Crippen molar-refractivity contribution in [1.82, 2.24) is 0 Å². The van der Waals surface area contributed by atoms with Crippen molar-refractivity contribution in [2.24, 2.45) is 5.73 Å². The lowest BCUT2D eigenvalue weighted by Gasteiger charge is -2.26.